The number of carbonyl (C=O) groups is 1. The van der Waals surface area contributed by atoms with Crippen molar-refractivity contribution < 1.29 is 9.18 Å². The smallest absolute Gasteiger partial charge is 0.250 e. The number of primary amides is 1. The average molecular weight is 318 g/mol. The lowest BCUT2D eigenvalue weighted by Gasteiger charge is -2.07. The van der Waals surface area contributed by atoms with Gasteiger partial charge in [0.05, 0.1) is 11.1 Å². The van der Waals surface area contributed by atoms with Crippen molar-refractivity contribution in [1.82, 2.24) is 4.57 Å². The Morgan fingerprint density at radius 2 is 1.79 bits per heavy atom. The molecule has 0 aliphatic carbocycles. The van der Waals surface area contributed by atoms with E-state index in [1.54, 1.807) is 18.3 Å². The van der Waals surface area contributed by atoms with Crippen LogP contribution in [0.4, 0.5) is 4.39 Å². The summed E-state index contributed by atoms with van der Waals surface area (Å²) in [6.07, 6.45) is 1.63. The largest absolute Gasteiger partial charge is 0.366 e. The first-order chi connectivity index (χ1) is 11.6. The van der Waals surface area contributed by atoms with E-state index < -0.39 is 11.7 Å². The van der Waals surface area contributed by atoms with E-state index in [1.807, 2.05) is 22.8 Å². The highest BCUT2D eigenvalue weighted by atomic mass is 19.1. The van der Waals surface area contributed by atoms with Crippen LogP contribution >= 0.6 is 0 Å². The van der Waals surface area contributed by atoms with E-state index in [4.69, 9.17) is 5.73 Å². The van der Waals surface area contributed by atoms with Crippen molar-refractivity contribution in [1.29, 1.82) is 0 Å². The molecule has 0 spiro atoms. The van der Waals surface area contributed by atoms with E-state index in [1.165, 1.54) is 11.5 Å². The monoisotopic (exact) mass is 318 g/mol. The van der Waals surface area contributed by atoms with Crippen LogP contribution in [-0.4, -0.2) is 10.5 Å². The standard InChI is InChI=1S/C20H15FN2O/c21-17-6-3-7-18-19(17)16(20(22)24)12-23(18)11-13-8-9-14-4-1-2-5-15(14)10-13/h1-10,12H,11H2,(H2,22,24). The number of nitrogens with two attached hydrogens (primary N) is 1. The zero-order chi connectivity index (χ0) is 16.7. The Morgan fingerprint density at radius 1 is 1.00 bits per heavy atom. The van der Waals surface area contributed by atoms with Crippen LogP contribution in [0, 0.1) is 5.82 Å². The van der Waals surface area contributed by atoms with Crippen LogP contribution in [-0.2, 0) is 6.54 Å². The second-order valence-corrected chi connectivity index (χ2v) is 5.85. The van der Waals surface area contributed by atoms with Gasteiger partial charge in [0.25, 0.3) is 5.91 Å². The summed E-state index contributed by atoms with van der Waals surface area (Å²) in [6, 6.07) is 19.1. The minimum atomic E-state index is -0.623. The normalized spacial score (nSPS) is 11.2. The van der Waals surface area contributed by atoms with Crippen molar-refractivity contribution in [2.45, 2.75) is 6.54 Å². The van der Waals surface area contributed by atoms with Crippen LogP contribution < -0.4 is 5.73 Å². The quantitative estimate of drug-likeness (QED) is 0.608. The Labute approximate surface area is 138 Å². The molecule has 4 aromatic rings. The SMILES string of the molecule is NC(=O)c1cn(Cc2ccc3ccccc3c2)c2cccc(F)c12. The van der Waals surface area contributed by atoms with Crippen molar-refractivity contribution in [3.05, 3.63) is 83.8 Å². The summed E-state index contributed by atoms with van der Waals surface area (Å²) in [5.74, 6) is -1.05. The van der Waals surface area contributed by atoms with Gasteiger partial charge in [-0.1, -0.05) is 42.5 Å². The number of hydrogen-bond donors (Lipinski definition) is 1. The molecular weight excluding hydrogens is 303 g/mol. The summed E-state index contributed by atoms with van der Waals surface area (Å²) in [5.41, 5.74) is 7.36. The van der Waals surface area contributed by atoms with Gasteiger partial charge in [0.15, 0.2) is 0 Å². The Balaban J connectivity index is 1.84. The zero-order valence-corrected chi connectivity index (χ0v) is 12.9. The number of aromatic nitrogens is 1. The van der Waals surface area contributed by atoms with E-state index in [2.05, 4.69) is 24.3 Å². The average Bonchev–Trinajstić information content (AvgIpc) is 2.95. The summed E-state index contributed by atoms with van der Waals surface area (Å²) < 4.78 is 16.0. The van der Waals surface area contributed by atoms with Gasteiger partial charge >= 0.3 is 0 Å². The molecule has 3 nitrogen and oxygen atoms in total. The predicted octanol–water partition coefficient (Wildman–Crippen LogP) is 4.08. The summed E-state index contributed by atoms with van der Waals surface area (Å²) in [4.78, 5) is 11.6. The second-order valence-electron chi connectivity index (χ2n) is 5.85. The molecular formula is C20H15FN2O. The third-order valence-electron chi connectivity index (χ3n) is 4.29. The van der Waals surface area contributed by atoms with Crippen LogP contribution in [0.25, 0.3) is 21.7 Å². The van der Waals surface area contributed by atoms with Crippen molar-refractivity contribution in [3.8, 4) is 0 Å². The van der Waals surface area contributed by atoms with Gasteiger partial charge in [-0.3, -0.25) is 4.79 Å². The topological polar surface area (TPSA) is 48.0 Å². The Kier molecular flexibility index (Phi) is 3.31. The molecule has 0 atom stereocenters. The molecule has 24 heavy (non-hydrogen) atoms. The van der Waals surface area contributed by atoms with Crippen LogP contribution in [0.3, 0.4) is 0 Å². The van der Waals surface area contributed by atoms with Crippen molar-refractivity contribution in [2.24, 2.45) is 5.73 Å². The molecule has 2 N–H and O–H groups in total. The van der Waals surface area contributed by atoms with Crippen LogP contribution in [0.1, 0.15) is 15.9 Å². The first-order valence-corrected chi connectivity index (χ1v) is 7.68. The maximum absolute atomic E-state index is 14.1. The highest BCUT2D eigenvalue weighted by Crippen LogP contribution is 2.25. The van der Waals surface area contributed by atoms with Gasteiger partial charge in [-0.05, 0) is 34.5 Å². The first kappa shape index (κ1) is 14.5. The lowest BCUT2D eigenvalue weighted by molar-refractivity contribution is 0.100. The summed E-state index contributed by atoms with van der Waals surface area (Å²) >= 11 is 0. The number of nitrogens with zero attached hydrogens (tertiary/aromatic N) is 1. The van der Waals surface area contributed by atoms with Gasteiger partial charge in [0.2, 0.25) is 0 Å². The molecule has 0 bridgehead atoms. The number of carbonyl (C=O) groups excluding carboxylic acids is 1. The van der Waals surface area contributed by atoms with Gasteiger partial charge in [-0.25, -0.2) is 4.39 Å². The lowest BCUT2D eigenvalue weighted by Crippen LogP contribution is -2.10. The number of hydrogen-bond acceptors (Lipinski definition) is 1. The van der Waals surface area contributed by atoms with E-state index in [9.17, 15) is 9.18 Å². The molecule has 118 valence electrons. The maximum atomic E-state index is 14.1. The first-order valence-electron chi connectivity index (χ1n) is 7.68. The van der Waals surface area contributed by atoms with Gasteiger partial charge in [-0.2, -0.15) is 0 Å². The fourth-order valence-electron chi connectivity index (χ4n) is 3.16. The maximum Gasteiger partial charge on any atom is 0.250 e. The molecule has 0 saturated carbocycles. The minimum Gasteiger partial charge on any atom is -0.366 e. The molecule has 0 saturated heterocycles. The Morgan fingerprint density at radius 3 is 2.58 bits per heavy atom. The van der Waals surface area contributed by atoms with E-state index >= 15 is 0 Å². The molecule has 0 aliphatic rings. The highest BCUT2D eigenvalue weighted by molar-refractivity contribution is 6.06. The van der Waals surface area contributed by atoms with Gasteiger partial charge in [0, 0.05) is 18.1 Å². The molecule has 3 aromatic carbocycles. The molecule has 0 fully saturated rings. The van der Waals surface area contributed by atoms with Crippen molar-refractivity contribution in [2.75, 3.05) is 0 Å². The zero-order valence-electron chi connectivity index (χ0n) is 12.9. The number of fused-ring (bicyclic) bond motifs is 2. The van der Waals surface area contributed by atoms with Gasteiger partial charge in [-0.15, -0.1) is 0 Å². The lowest BCUT2D eigenvalue weighted by atomic mass is 10.1. The fraction of sp³-hybridized carbons (Fsp3) is 0.0500. The third-order valence-corrected chi connectivity index (χ3v) is 4.29. The van der Waals surface area contributed by atoms with Crippen molar-refractivity contribution in [3.63, 3.8) is 0 Å². The van der Waals surface area contributed by atoms with E-state index in [0.717, 1.165) is 10.9 Å². The number of halogens is 1. The minimum absolute atomic E-state index is 0.212. The number of amides is 1. The Bertz CT molecular complexity index is 1080. The Hall–Kier alpha value is -3.14. The molecule has 0 radical (unpaired) electrons. The third kappa shape index (κ3) is 2.33. The highest BCUT2D eigenvalue weighted by Gasteiger charge is 2.16. The van der Waals surface area contributed by atoms with Gasteiger partial charge < -0.3 is 10.3 Å². The van der Waals surface area contributed by atoms with Crippen LogP contribution in [0.2, 0.25) is 0 Å². The second kappa shape index (κ2) is 5.49. The fourth-order valence-corrected chi connectivity index (χ4v) is 3.16. The summed E-state index contributed by atoms with van der Waals surface area (Å²) in [6.45, 7) is 0.540. The molecule has 1 amide bonds. The predicted molar refractivity (Wildman–Crippen MR) is 93.5 cm³/mol. The summed E-state index contributed by atoms with van der Waals surface area (Å²) in [7, 11) is 0. The number of benzene rings is 3. The number of rotatable bonds is 3. The molecule has 4 rings (SSSR count). The molecule has 1 heterocycles. The van der Waals surface area contributed by atoms with Crippen LogP contribution in [0.15, 0.2) is 66.9 Å². The van der Waals surface area contributed by atoms with Gasteiger partial charge in [0.1, 0.15) is 5.82 Å². The molecule has 0 unspecified atom stereocenters. The molecule has 0 aliphatic heterocycles. The molecule has 1 aromatic heterocycles. The van der Waals surface area contributed by atoms with E-state index in [-0.39, 0.29) is 10.9 Å². The summed E-state index contributed by atoms with van der Waals surface area (Å²) in [5, 5.41) is 2.60. The van der Waals surface area contributed by atoms with Crippen molar-refractivity contribution >= 4 is 27.6 Å². The van der Waals surface area contributed by atoms with E-state index in [0.29, 0.717) is 12.1 Å². The van der Waals surface area contributed by atoms with Crippen LogP contribution in [0.5, 0.6) is 0 Å². The molecule has 4 heteroatoms.